The van der Waals surface area contributed by atoms with E-state index in [0.717, 1.165) is 16.9 Å². The number of carbonyl (C=O) groups is 2. The highest BCUT2D eigenvalue weighted by Crippen LogP contribution is 2.25. The SMILES string of the molecule is CC[C@H](C)C(N=[N+]=[N-])C(=O)N[C@H](C[C@@H](O)c1nc(C(=O)OCc2ccccc2)cs1)C(C)C. The van der Waals surface area contributed by atoms with Crippen LogP contribution in [0.3, 0.4) is 0 Å². The van der Waals surface area contributed by atoms with Crippen LogP contribution in [0.1, 0.15) is 67.7 Å². The number of hydrogen-bond acceptors (Lipinski definition) is 7. The second-order valence-corrected chi connectivity index (χ2v) is 9.17. The van der Waals surface area contributed by atoms with Gasteiger partial charge in [0.1, 0.15) is 23.8 Å². The molecule has 33 heavy (non-hydrogen) atoms. The minimum absolute atomic E-state index is 0.0162. The van der Waals surface area contributed by atoms with E-state index in [1.807, 2.05) is 58.0 Å². The van der Waals surface area contributed by atoms with Gasteiger partial charge in [-0.3, -0.25) is 4.79 Å². The van der Waals surface area contributed by atoms with Crippen molar-refractivity contribution in [3.63, 3.8) is 0 Å². The lowest BCUT2D eigenvalue weighted by atomic mass is 9.95. The maximum atomic E-state index is 12.7. The number of nitrogens with one attached hydrogen (secondary N) is 1. The lowest BCUT2D eigenvalue weighted by molar-refractivity contribution is -0.124. The molecule has 10 heteroatoms. The van der Waals surface area contributed by atoms with Crippen LogP contribution in [0.15, 0.2) is 40.8 Å². The molecule has 0 fully saturated rings. The largest absolute Gasteiger partial charge is 0.456 e. The Bertz CT molecular complexity index is 959. The predicted molar refractivity (Wildman–Crippen MR) is 126 cm³/mol. The zero-order valence-electron chi connectivity index (χ0n) is 19.3. The molecule has 178 valence electrons. The fraction of sp³-hybridized carbons (Fsp3) is 0.522. The molecule has 2 aromatic rings. The van der Waals surface area contributed by atoms with Crippen molar-refractivity contribution < 1.29 is 19.4 Å². The van der Waals surface area contributed by atoms with Crippen molar-refractivity contribution in [1.29, 1.82) is 0 Å². The summed E-state index contributed by atoms with van der Waals surface area (Å²) in [6, 6.07) is 8.14. The number of aliphatic hydroxyl groups excluding tert-OH is 1. The first-order valence-electron chi connectivity index (χ1n) is 11.0. The zero-order chi connectivity index (χ0) is 24.4. The first-order chi connectivity index (χ1) is 15.8. The number of aromatic nitrogens is 1. The third kappa shape index (κ3) is 7.85. The van der Waals surface area contributed by atoms with Gasteiger partial charge in [0.05, 0.1) is 0 Å². The Morgan fingerprint density at radius 2 is 1.97 bits per heavy atom. The van der Waals surface area contributed by atoms with Gasteiger partial charge in [0, 0.05) is 22.8 Å². The van der Waals surface area contributed by atoms with Crippen molar-refractivity contribution in [2.45, 2.75) is 65.3 Å². The van der Waals surface area contributed by atoms with Crippen LogP contribution in [-0.4, -0.2) is 34.1 Å². The Balaban J connectivity index is 2.00. The molecule has 0 spiro atoms. The summed E-state index contributed by atoms with van der Waals surface area (Å²) in [4.78, 5) is 32.1. The van der Waals surface area contributed by atoms with Gasteiger partial charge in [-0.25, -0.2) is 9.78 Å². The van der Waals surface area contributed by atoms with Crippen LogP contribution in [0.25, 0.3) is 10.4 Å². The number of amides is 1. The highest BCUT2D eigenvalue weighted by Gasteiger charge is 2.28. The second kappa shape index (κ2) is 12.9. The number of esters is 1. The molecule has 0 radical (unpaired) electrons. The van der Waals surface area contributed by atoms with Gasteiger partial charge in [0.25, 0.3) is 0 Å². The van der Waals surface area contributed by atoms with Crippen LogP contribution in [0.2, 0.25) is 0 Å². The summed E-state index contributed by atoms with van der Waals surface area (Å²) in [5.41, 5.74) is 9.81. The molecular formula is C23H31N5O4S. The van der Waals surface area contributed by atoms with E-state index in [0.29, 0.717) is 11.4 Å². The molecule has 1 aromatic heterocycles. The second-order valence-electron chi connectivity index (χ2n) is 8.28. The van der Waals surface area contributed by atoms with Crippen LogP contribution >= 0.6 is 11.3 Å². The summed E-state index contributed by atoms with van der Waals surface area (Å²) in [5.74, 6) is -1.02. The fourth-order valence-electron chi connectivity index (χ4n) is 3.14. The van der Waals surface area contributed by atoms with E-state index in [9.17, 15) is 14.7 Å². The molecule has 1 heterocycles. The van der Waals surface area contributed by atoms with E-state index < -0.39 is 18.1 Å². The zero-order valence-corrected chi connectivity index (χ0v) is 20.2. The van der Waals surface area contributed by atoms with Gasteiger partial charge in [-0.15, -0.1) is 11.3 Å². The van der Waals surface area contributed by atoms with Crippen molar-refractivity contribution in [3.05, 3.63) is 62.4 Å². The van der Waals surface area contributed by atoms with Crippen molar-refractivity contribution >= 4 is 23.2 Å². The van der Waals surface area contributed by atoms with Crippen molar-refractivity contribution in [3.8, 4) is 0 Å². The number of thiazole rings is 1. The van der Waals surface area contributed by atoms with Crippen molar-refractivity contribution in [1.82, 2.24) is 10.3 Å². The molecule has 9 nitrogen and oxygen atoms in total. The minimum Gasteiger partial charge on any atom is -0.456 e. The Hall–Kier alpha value is -2.94. The van der Waals surface area contributed by atoms with Crippen LogP contribution < -0.4 is 5.32 Å². The molecule has 2 rings (SSSR count). The third-order valence-corrected chi connectivity index (χ3v) is 6.41. The van der Waals surface area contributed by atoms with E-state index in [4.69, 9.17) is 10.3 Å². The molecule has 0 aliphatic carbocycles. The van der Waals surface area contributed by atoms with E-state index in [1.165, 1.54) is 0 Å². The summed E-state index contributed by atoms with van der Waals surface area (Å²) in [6.45, 7) is 7.77. The smallest absolute Gasteiger partial charge is 0.358 e. The van der Waals surface area contributed by atoms with Gasteiger partial charge in [0.2, 0.25) is 5.91 Å². The highest BCUT2D eigenvalue weighted by molar-refractivity contribution is 7.09. The number of carbonyl (C=O) groups excluding carboxylic acids is 2. The summed E-state index contributed by atoms with van der Waals surface area (Å²) >= 11 is 1.16. The van der Waals surface area contributed by atoms with E-state index in [2.05, 4.69) is 20.3 Å². The molecule has 0 saturated heterocycles. The number of aliphatic hydroxyl groups is 1. The minimum atomic E-state index is -0.972. The molecule has 0 aliphatic heterocycles. The van der Waals surface area contributed by atoms with Gasteiger partial charge in [-0.1, -0.05) is 69.6 Å². The number of azide groups is 1. The molecule has 0 bridgehead atoms. The number of benzene rings is 1. The normalized spacial score (nSPS) is 14.6. The topological polar surface area (TPSA) is 137 Å². The Morgan fingerprint density at radius 3 is 2.58 bits per heavy atom. The van der Waals surface area contributed by atoms with Crippen molar-refractivity contribution in [2.24, 2.45) is 17.0 Å². The lowest BCUT2D eigenvalue weighted by Gasteiger charge is -2.27. The average Bonchev–Trinajstić information content (AvgIpc) is 3.31. The van der Waals surface area contributed by atoms with Gasteiger partial charge >= 0.3 is 5.97 Å². The van der Waals surface area contributed by atoms with Crippen LogP contribution in [0.4, 0.5) is 0 Å². The van der Waals surface area contributed by atoms with Crippen LogP contribution in [0.5, 0.6) is 0 Å². The van der Waals surface area contributed by atoms with Gasteiger partial charge in [-0.2, -0.15) is 0 Å². The maximum absolute atomic E-state index is 12.7. The Kier molecular flexibility index (Phi) is 10.3. The highest BCUT2D eigenvalue weighted by atomic mass is 32.1. The molecule has 1 amide bonds. The van der Waals surface area contributed by atoms with Gasteiger partial charge in [-0.05, 0) is 22.9 Å². The summed E-state index contributed by atoms with van der Waals surface area (Å²) < 4.78 is 5.29. The number of hydrogen-bond donors (Lipinski definition) is 2. The number of rotatable bonds is 12. The summed E-state index contributed by atoms with van der Waals surface area (Å²) in [5, 5.41) is 19.2. The lowest BCUT2D eigenvalue weighted by Crippen LogP contribution is -2.45. The van der Waals surface area contributed by atoms with Crippen molar-refractivity contribution in [2.75, 3.05) is 0 Å². The summed E-state index contributed by atoms with van der Waals surface area (Å²) in [7, 11) is 0. The molecular weight excluding hydrogens is 442 g/mol. The Labute approximate surface area is 197 Å². The van der Waals surface area contributed by atoms with E-state index >= 15 is 0 Å². The molecule has 4 atom stereocenters. The molecule has 1 aromatic carbocycles. The standard InChI is InChI=1S/C23H31N5O4S/c1-5-15(4)20(27-28-24)21(30)25-17(14(2)3)11-19(29)22-26-18(13-33-22)23(31)32-12-16-9-7-6-8-10-16/h6-10,13-15,17,19-20,29H,5,11-12H2,1-4H3,(H,25,30)/t15-,17+,19+,20?/m0/s1. The summed E-state index contributed by atoms with van der Waals surface area (Å²) in [6.07, 6.45) is -0.0762. The van der Waals surface area contributed by atoms with E-state index in [-0.39, 0.29) is 42.5 Å². The fourth-order valence-corrected chi connectivity index (χ4v) is 3.93. The monoisotopic (exact) mass is 473 g/mol. The number of ether oxygens (including phenoxy) is 1. The average molecular weight is 474 g/mol. The predicted octanol–water partition coefficient (Wildman–Crippen LogP) is 4.79. The first-order valence-corrected chi connectivity index (χ1v) is 11.8. The number of nitrogens with zero attached hydrogens (tertiary/aromatic N) is 4. The quantitative estimate of drug-likeness (QED) is 0.198. The molecule has 0 aliphatic rings. The van der Waals surface area contributed by atoms with Gasteiger partial charge in [0.15, 0.2) is 5.69 Å². The molecule has 1 unspecified atom stereocenters. The molecule has 0 saturated carbocycles. The van der Waals surface area contributed by atoms with E-state index in [1.54, 1.807) is 5.38 Å². The Morgan fingerprint density at radius 1 is 1.27 bits per heavy atom. The van der Waals surface area contributed by atoms with Gasteiger partial charge < -0.3 is 15.2 Å². The first kappa shape index (κ1) is 26.3. The van der Waals surface area contributed by atoms with Crippen LogP contribution in [-0.2, 0) is 16.1 Å². The third-order valence-electron chi connectivity index (χ3n) is 5.47. The maximum Gasteiger partial charge on any atom is 0.358 e. The van der Waals surface area contributed by atoms with Crippen LogP contribution in [0, 0.1) is 11.8 Å². The molecule has 2 N–H and O–H groups in total.